The van der Waals surface area contributed by atoms with Crippen LogP contribution in [0.5, 0.6) is 0 Å². The molecule has 0 amide bonds. The van der Waals surface area contributed by atoms with Crippen molar-refractivity contribution in [3.05, 3.63) is 35.2 Å². The minimum absolute atomic E-state index is 0.00933. The number of rotatable bonds is 5. The monoisotopic (exact) mass is 368 g/mol. The highest BCUT2D eigenvalue weighted by molar-refractivity contribution is 7.93. The Morgan fingerprint density at radius 3 is 2.67 bits per heavy atom. The molecule has 1 saturated heterocycles. The summed E-state index contributed by atoms with van der Waals surface area (Å²) < 4.78 is 27.0. The molecule has 0 bridgehead atoms. The van der Waals surface area contributed by atoms with Gasteiger partial charge in [0.2, 0.25) is 0 Å². The number of thiazole rings is 1. The Kier molecular flexibility index (Phi) is 4.78. The van der Waals surface area contributed by atoms with Crippen LogP contribution in [0.4, 0.5) is 5.00 Å². The zero-order chi connectivity index (χ0) is 17.2. The summed E-state index contributed by atoms with van der Waals surface area (Å²) in [5, 5.41) is 12.2. The van der Waals surface area contributed by atoms with Crippen LogP contribution >= 0.6 is 11.3 Å². The highest BCUT2D eigenvalue weighted by atomic mass is 32.2. The molecule has 3 N–H and O–H groups in total. The van der Waals surface area contributed by atoms with Gasteiger partial charge in [0.05, 0.1) is 5.51 Å². The van der Waals surface area contributed by atoms with E-state index in [1.165, 1.54) is 17.8 Å². The van der Waals surface area contributed by atoms with Crippen LogP contribution in [0.1, 0.15) is 34.9 Å². The number of hydrogen-bond donors (Lipinski definition) is 3. The van der Waals surface area contributed by atoms with Gasteiger partial charge in [-0.3, -0.25) is 9.71 Å². The van der Waals surface area contributed by atoms with Crippen LogP contribution in [0.2, 0.25) is 0 Å². The van der Waals surface area contributed by atoms with Gasteiger partial charge in [0, 0.05) is 17.8 Å². The number of nitrogens with one attached hydrogen (secondary N) is 2. The summed E-state index contributed by atoms with van der Waals surface area (Å²) in [6.45, 7) is 1.86. The second-order valence-electron chi connectivity index (χ2n) is 5.38. The van der Waals surface area contributed by atoms with E-state index in [4.69, 9.17) is 5.11 Å². The van der Waals surface area contributed by atoms with Gasteiger partial charge < -0.3 is 10.4 Å². The Morgan fingerprint density at radius 2 is 2.04 bits per heavy atom. The Labute approximate surface area is 143 Å². The number of aromatic nitrogens is 2. The largest absolute Gasteiger partial charge is 0.476 e. The molecule has 0 spiro atoms. The molecule has 3 heterocycles. The number of nitrogens with zero attached hydrogens (tertiary/aromatic N) is 2. The first-order valence-electron chi connectivity index (χ1n) is 7.33. The Bertz CT molecular complexity index is 827. The minimum atomic E-state index is -3.90. The number of sulfonamides is 1. The molecule has 0 aliphatic carbocycles. The molecule has 24 heavy (non-hydrogen) atoms. The summed E-state index contributed by atoms with van der Waals surface area (Å²) in [6, 6.07) is 3.21. The summed E-state index contributed by atoms with van der Waals surface area (Å²) in [5.41, 5.74) is 1.84. The lowest BCUT2D eigenvalue weighted by atomic mass is 9.94. The van der Waals surface area contributed by atoms with Crippen LogP contribution in [-0.2, 0) is 10.0 Å². The Balaban J connectivity index is 1.79. The maximum absolute atomic E-state index is 12.4. The van der Waals surface area contributed by atoms with Gasteiger partial charge in [0.1, 0.15) is 9.90 Å². The predicted octanol–water partition coefficient (Wildman–Crippen LogP) is 1.50. The van der Waals surface area contributed by atoms with E-state index in [9.17, 15) is 13.2 Å². The zero-order valence-electron chi connectivity index (χ0n) is 12.6. The fourth-order valence-corrected chi connectivity index (χ4v) is 4.50. The van der Waals surface area contributed by atoms with Crippen LogP contribution in [0.25, 0.3) is 0 Å². The van der Waals surface area contributed by atoms with Crippen molar-refractivity contribution < 1.29 is 18.3 Å². The third-order valence-electron chi connectivity index (χ3n) is 3.82. The van der Waals surface area contributed by atoms with E-state index in [1.54, 1.807) is 6.07 Å². The molecule has 1 aliphatic heterocycles. The van der Waals surface area contributed by atoms with Gasteiger partial charge in [-0.05, 0) is 38.1 Å². The number of carboxylic acids is 1. The first kappa shape index (κ1) is 16.8. The van der Waals surface area contributed by atoms with E-state index < -0.39 is 16.0 Å². The van der Waals surface area contributed by atoms with Gasteiger partial charge >= 0.3 is 5.97 Å². The smallest absolute Gasteiger partial charge is 0.357 e. The van der Waals surface area contributed by atoms with Crippen molar-refractivity contribution in [3.63, 3.8) is 0 Å². The second kappa shape index (κ2) is 6.83. The second-order valence-corrected chi connectivity index (χ2v) is 7.92. The fraction of sp³-hybridized carbons (Fsp3) is 0.357. The molecule has 0 unspecified atom stereocenters. The average Bonchev–Trinajstić information content (AvgIpc) is 3.03. The predicted molar refractivity (Wildman–Crippen MR) is 89.0 cm³/mol. The molecule has 1 fully saturated rings. The summed E-state index contributed by atoms with van der Waals surface area (Å²) in [5.74, 6) is -0.954. The van der Waals surface area contributed by atoms with Crippen molar-refractivity contribution in [1.82, 2.24) is 15.3 Å². The molecular weight excluding hydrogens is 352 g/mol. The maximum atomic E-state index is 12.4. The van der Waals surface area contributed by atoms with Gasteiger partial charge in [0.25, 0.3) is 10.0 Å². The highest BCUT2D eigenvalue weighted by Crippen LogP contribution is 2.26. The first-order chi connectivity index (χ1) is 11.5. The molecule has 128 valence electrons. The number of anilines is 1. The summed E-state index contributed by atoms with van der Waals surface area (Å²) in [6.07, 6.45) is 3.25. The third-order valence-corrected chi connectivity index (χ3v) is 6.03. The molecule has 0 atom stereocenters. The maximum Gasteiger partial charge on any atom is 0.357 e. The number of hydrogen-bond acceptors (Lipinski definition) is 7. The van der Waals surface area contributed by atoms with Gasteiger partial charge in [-0.25, -0.2) is 18.2 Å². The van der Waals surface area contributed by atoms with Crippen LogP contribution < -0.4 is 10.0 Å². The van der Waals surface area contributed by atoms with E-state index in [0.717, 1.165) is 43.0 Å². The van der Waals surface area contributed by atoms with Gasteiger partial charge in [0.15, 0.2) is 5.69 Å². The van der Waals surface area contributed by atoms with E-state index in [1.807, 2.05) is 0 Å². The van der Waals surface area contributed by atoms with Gasteiger partial charge in [-0.2, -0.15) is 0 Å². The van der Waals surface area contributed by atoms with Crippen molar-refractivity contribution in [2.75, 3.05) is 17.8 Å². The molecule has 0 saturated carbocycles. The summed E-state index contributed by atoms with van der Waals surface area (Å²) >= 11 is 0.916. The average molecular weight is 368 g/mol. The molecule has 3 rings (SSSR count). The van der Waals surface area contributed by atoms with Crippen molar-refractivity contribution >= 4 is 32.3 Å². The van der Waals surface area contributed by atoms with Gasteiger partial charge in [-0.1, -0.05) is 0 Å². The molecule has 1 aliphatic rings. The third kappa shape index (κ3) is 3.55. The highest BCUT2D eigenvalue weighted by Gasteiger charge is 2.22. The molecule has 0 aromatic carbocycles. The Hall–Kier alpha value is -2.04. The van der Waals surface area contributed by atoms with E-state index >= 15 is 0 Å². The number of aromatic carboxylic acids is 1. The minimum Gasteiger partial charge on any atom is -0.476 e. The van der Waals surface area contributed by atoms with Crippen LogP contribution in [-0.4, -0.2) is 42.6 Å². The zero-order valence-corrected chi connectivity index (χ0v) is 14.2. The van der Waals surface area contributed by atoms with E-state index in [2.05, 4.69) is 20.0 Å². The van der Waals surface area contributed by atoms with Crippen molar-refractivity contribution in [1.29, 1.82) is 0 Å². The van der Waals surface area contributed by atoms with E-state index in [0.29, 0.717) is 5.92 Å². The standard InChI is InChI=1S/C14H16N4O4S2/c19-14(20)12-13(23-8-17-12)18-24(21,22)10-1-2-11(16-7-10)9-3-5-15-6-4-9/h1-2,7-9,15,18H,3-6H2,(H,19,20). The summed E-state index contributed by atoms with van der Waals surface area (Å²) in [4.78, 5) is 18.9. The topological polar surface area (TPSA) is 121 Å². The molecule has 10 heteroatoms. The van der Waals surface area contributed by atoms with Crippen LogP contribution in [0.3, 0.4) is 0 Å². The molecular formula is C14H16N4O4S2. The number of carboxylic acid groups (broad SMARTS) is 1. The van der Waals surface area contributed by atoms with Crippen molar-refractivity contribution in [2.24, 2.45) is 0 Å². The lowest BCUT2D eigenvalue weighted by Crippen LogP contribution is -2.27. The molecule has 0 radical (unpaired) electrons. The fourth-order valence-electron chi connectivity index (χ4n) is 2.56. The van der Waals surface area contributed by atoms with Gasteiger partial charge in [-0.15, -0.1) is 11.3 Å². The first-order valence-corrected chi connectivity index (χ1v) is 9.70. The lowest BCUT2D eigenvalue weighted by molar-refractivity contribution is 0.0692. The SMILES string of the molecule is O=C(O)c1ncsc1NS(=O)(=O)c1ccc(C2CCNCC2)nc1. The van der Waals surface area contributed by atoms with Crippen molar-refractivity contribution in [3.8, 4) is 0 Å². The summed E-state index contributed by atoms with van der Waals surface area (Å²) in [7, 11) is -3.90. The van der Waals surface area contributed by atoms with Crippen LogP contribution in [0.15, 0.2) is 28.7 Å². The van der Waals surface area contributed by atoms with E-state index in [-0.39, 0.29) is 15.6 Å². The lowest BCUT2D eigenvalue weighted by Gasteiger charge is -2.22. The molecule has 2 aromatic rings. The normalized spacial score (nSPS) is 16.0. The number of piperidine rings is 1. The number of pyridine rings is 1. The Morgan fingerprint density at radius 1 is 1.29 bits per heavy atom. The van der Waals surface area contributed by atoms with Crippen LogP contribution in [0, 0.1) is 0 Å². The molecule has 2 aromatic heterocycles. The molecule has 8 nitrogen and oxygen atoms in total. The van der Waals surface area contributed by atoms with Crippen molar-refractivity contribution in [2.45, 2.75) is 23.7 Å². The number of carbonyl (C=O) groups is 1. The quantitative estimate of drug-likeness (QED) is 0.731.